The number of benzene rings is 2. The number of rotatable bonds is 6. The summed E-state index contributed by atoms with van der Waals surface area (Å²) in [6.07, 6.45) is -0.285. The van der Waals surface area contributed by atoms with E-state index in [1.54, 1.807) is 49.4 Å². The largest absolute Gasteiger partial charge is 0.481 e. The highest BCUT2D eigenvalue weighted by atomic mass is 19.1. The summed E-state index contributed by atoms with van der Waals surface area (Å²) >= 11 is 0. The number of nitrogens with one attached hydrogen (secondary N) is 1. The number of amides is 1. The second-order valence-electron chi connectivity index (χ2n) is 5.94. The van der Waals surface area contributed by atoms with Gasteiger partial charge in [-0.2, -0.15) is 0 Å². The fourth-order valence-corrected chi connectivity index (χ4v) is 2.70. The smallest absolute Gasteiger partial charge is 0.305 e. The molecule has 1 atom stereocenters. The number of oxazole rings is 1. The lowest BCUT2D eigenvalue weighted by Gasteiger charge is -2.16. The molecular formula is C20H17FN2O4. The van der Waals surface area contributed by atoms with Crippen molar-refractivity contribution < 1.29 is 23.5 Å². The van der Waals surface area contributed by atoms with E-state index in [4.69, 9.17) is 9.52 Å². The molecule has 0 radical (unpaired) electrons. The highest BCUT2D eigenvalue weighted by molar-refractivity contribution is 5.94. The van der Waals surface area contributed by atoms with E-state index >= 15 is 0 Å². The van der Waals surface area contributed by atoms with Gasteiger partial charge in [0.05, 0.1) is 18.0 Å². The molecule has 0 fully saturated rings. The van der Waals surface area contributed by atoms with Crippen molar-refractivity contribution >= 4 is 11.9 Å². The monoisotopic (exact) mass is 368 g/mol. The second-order valence-corrected chi connectivity index (χ2v) is 5.94. The van der Waals surface area contributed by atoms with E-state index in [-0.39, 0.29) is 29.3 Å². The molecule has 2 N–H and O–H groups in total. The van der Waals surface area contributed by atoms with Crippen molar-refractivity contribution in [2.45, 2.75) is 19.4 Å². The summed E-state index contributed by atoms with van der Waals surface area (Å²) in [4.78, 5) is 27.9. The fraction of sp³-hybridized carbons (Fsp3) is 0.150. The number of nitrogens with zero attached hydrogens (tertiary/aromatic N) is 1. The third-order valence-corrected chi connectivity index (χ3v) is 4.00. The van der Waals surface area contributed by atoms with Crippen LogP contribution in [0.4, 0.5) is 4.39 Å². The molecule has 3 aromatic rings. The van der Waals surface area contributed by atoms with E-state index in [2.05, 4.69) is 10.3 Å². The lowest BCUT2D eigenvalue weighted by atomic mass is 10.0. The Labute approximate surface area is 154 Å². The minimum absolute atomic E-state index is 0.00903. The van der Waals surface area contributed by atoms with Crippen LogP contribution >= 0.6 is 0 Å². The predicted octanol–water partition coefficient (Wildman–Crippen LogP) is 3.73. The molecule has 2 aromatic carbocycles. The maximum Gasteiger partial charge on any atom is 0.305 e. The first-order valence-electron chi connectivity index (χ1n) is 8.25. The molecule has 6 nitrogen and oxygen atoms in total. The summed E-state index contributed by atoms with van der Waals surface area (Å²) < 4.78 is 19.4. The van der Waals surface area contributed by atoms with Crippen LogP contribution in [0.5, 0.6) is 0 Å². The lowest BCUT2D eigenvalue weighted by Crippen LogP contribution is -2.30. The Hall–Kier alpha value is -3.48. The van der Waals surface area contributed by atoms with E-state index in [0.29, 0.717) is 5.56 Å². The van der Waals surface area contributed by atoms with E-state index in [1.807, 2.05) is 0 Å². The van der Waals surface area contributed by atoms with Crippen LogP contribution in [0, 0.1) is 12.7 Å². The van der Waals surface area contributed by atoms with Crippen LogP contribution in [0.25, 0.3) is 11.5 Å². The Morgan fingerprint density at radius 3 is 2.48 bits per heavy atom. The van der Waals surface area contributed by atoms with Crippen LogP contribution in [0.15, 0.2) is 59.0 Å². The molecule has 138 valence electrons. The van der Waals surface area contributed by atoms with Crippen LogP contribution in [0.2, 0.25) is 0 Å². The van der Waals surface area contributed by atoms with Gasteiger partial charge < -0.3 is 14.8 Å². The minimum atomic E-state index is -1.05. The number of carboxylic acids is 1. The summed E-state index contributed by atoms with van der Waals surface area (Å²) in [5.74, 6) is -1.95. The summed E-state index contributed by atoms with van der Waals surface area (Å²) in [6.45, 7) is 1.54. The molecule has 0 saturated heterocycles. The number of carbonyl (C=O) groups excluding carboxylic acids is 1. The molecule has 3 rings (SSSR count). The third kappa shape index (κ3) is 4.20. The van der Waals surface area contributed by atoms with Gasteiger partial charge in [-0.1, -0.05) is 42.5 Å². The van der Waals surface area contributed by atoms with E-state index in [9.17, 15) is 14.0 Å². The zero-order valence-corrected chi connectivity index (χ0v) is 14.5. The normalized spacial score (nSPS) is 11.8. The van der Waals surface area contributed by atoms with Gasteiger partial charge in [-0.25, -0.2) is 9.37 Å². The van der Waals surface area contributed by atoms with Crippen molar-refractivity contribution in [2.75, 3.05) is 0 Å². The van der Waals surface area contributed by atoms with Gasteiger partial charge in [0.25, 0.3) is 5.91 Å². The molecule has 7 heteroatoms. The average molecular weight is 368 g/mol. The zero-order chi connectivity index (χ0) is 19.4. The quantitative estimate of drug-likeness (QED) is 0.691. The molecule has 0 aliphatic heterocycles. The zero-order valence-electron chi connectivity index (χ0n) is 14.5. The Balaban J connectivity index is 1.87. The number of halogens is 1. The number of aliphatic carboxylic acids is 1. The van der Waals surface area contributed by atoms with Crippen molar-refractivity contribution in [1.82, 2.24) is 10.3 Å². The van der Waals surface area contributed by atoms with Gasteiger partial charge in [0.1, 0.15) is 11.6 Å². The van der Waals surface area contributed by atoms with Gasteiger partial charge in [-0.3, -0.25) is 9.59 Å². The summed E-state index contributed by atoms with van der Waals surface area (Å²) in [5, 5.41) is 11.8. The van der Waals surface area contributed by atoms with Crippen molar-refractivity contribution in [3.05, 3.63) is 77.4 Å². The molecule has 1 heterocycles. The summed E-state index contributed by atoms with van der Waals surface area (Å²) in [5.41, 5.74) is 0.785. The van der Waals surface area contributed by atoms with Gasteiger partial charge >= 0.3 is 5.97 Å². The predicted molar refractivity (Wildman–Crippen MR) is 95.5 cm³/mol. The minimum Gasteiger partial charge on any atom is -0.481 e. The topological polar surface area (TPSA) is 92.4 Å². The molecule has 27 heavy (non-hydrogen) atoms. The van der Waals surface area contributed by atoms with E-state index in [0.717, 1.165) is 0 Å². The molecule has 0 aliphatic carbocycles. The van der Waals surface area contributed by atoms with Crippen molar-refractivity contribution in [1.29, 1.82) is 0 Å². The van der Waals surface area contributed by atoms with Gasteiger partial charge in [-0.15, -0.1) is 0 Å². The number of carbonyl (C=O) groups is 2. The number of hydrogen-bond acceptors (Lipinski definition) is 4. The number of aryl methyl sites for hydroxylation is 1. The molecule has 0 spiro atoms. The third-order valence-electron chi connectivity index (χ3n) is 4.00. The standard InChI is InChI=1S/C20H17FN2O4/c1-12-18(23-20(27-12)14-9-5-6-10-15(14)21)19(26)22-16(11-17(24)25)13-7-3-2-4-8-13/h2-10,16H,11H2,1H3,(H,22,26)(H,24,25). The fourth-order valence-electron chi connectivity index (χ4n) is 2.70. The SMILES string of the molecule is Cc1oc(-c2ccccc2F)nc1C(=O)NC(CC(=O)O)c1ccccc1. The molecule has 0 bridgehead atoms. The Kier molecular flexibility index (Phi) is 5.30. The van der Waals surface area contributed by atoms with E-state index in [1.165, 1.54) is 12.1 Å². The second kappa shape index (κ2) is 7.82. The first-order chi connectivity index (χ1) is 13.0. The number of hydrogen-bond donors (Lipinski definition) is 2. The Morgan fingerprint density at radius 2 is 1.81 bits per heavy atom. The molecule has 1 unspecified atom stereocenters. The first kappa shape index (κ1) is 18.3. The summed E-state index contributed by atoms with van der Waals surface area (Å²) in [6, 6.07) is 14.0. The van der Waals surface area contributed by atoms with Crippen molar-refractivity contribution in [2.24, 2.45) is 0 Å². The Morgan fingerprint density at radius 1 is 1.15 bits per heavy atom. The molecule has 0 aliphatic rings. The summed E-state index contributed by atoms with van der Waals surface area (Å²) in [7, 11) is 0. The van der Waals surface area contributed by atoms with Crippen molar-refractivity contribution in [3.8, 4) is 11.5 Å². The highest BCUT2D eigenvalue weighted by Gasteiger charge is 2.24. The average Bonchev–Trinajstić information content (AvgIpc) is 3.03. The Bertz CT molecular complexity index is 969. The number of aromatic nitrogens is 1. The molecule has 1 aromatic heterocycles. The molecule has 0 saturated carbocycles. The van der Waals surface area contributed by atoms with Gasteiger partial charge in [0.15, 0.2) is 5.69 Å². The lowest BCUT2D eigenvalue weighted by molar-refractivity contribution is -0.137. The van der Waals surface area contributed by atoms with Crippen molar-refractivity contribution in [3.63, 3.8) is 0 Å². The van der Waals surface area contributed by atoms with Crippen LogP contribution in [0.3, 0.4) is 0 Å². The van der Waals surface area contributed by atoms with Crippen LogP contribution in [-0.2, 0) is 4.79 Å². The van der Waals surface area contributed by atoms with Crippen LogP contribution in [-0.4, -0.2) is 22.0 Å². The molecule has 1 amide bonds. The van der Waals surface area contributed by atoms with Crippen LogP contribution < -0.4 is 5.32 Å². The highest BCUT2D eigenvalue weighted by Crippen LogP contribution is 2.25. The van der Waals surface area contributed by atoms with Gasteiger partial charge in [0, 0.05) is 0 Å². The molecular weight excluding hydrogens is 351 g/mol. The number of carboxylic acid groups (broad SMARTS) is 1. The van der Waals surface area contributed by atoms with Gasteiger partial charge in [0.2, 0.25) is 5.89 Å². The van der Waals surface area contributed by atoms with Gasteiger partial charge in [-0.05, 0) is 24.6 Å². The first-order valence-corrected chi connectivity index (χ1v) is 8.25. The van der Waals surface area contributed by atoms with Crippen LogP contribution in [0.1, 0.15) is 34.3 Å². The van der Waals surface area contributed by atoms with E-state index < -0.39 is 23.7 Å². The maximum absolute atomic E-state index is 13.9. The maximum atomic E-state index is 13.9.